The highest BCUT2D eigenvalue weighted by Gasteiger charge is 2.28. The lowest BCUT2D eigenvalue weighted by molar-refractivity contribution is 0.00159. The number of piperidine rings is 1. The lowest BCUT2D eigenvalue weighted by Crippen LogP contribution is -2.50. The van der Waals surface area contributed by atoms with Crippen LogP contribution in [0.3, 0.4) is 0 Å². The van der Waals surface area contributed by atoms with Crippen LogP contribution in [0.4, 0.5) is 17.5 Å². The summed E-state index contributed by atoms with van der Waals surface area (Å²) in [6, 6.07) is 5.65. The van der Waals surface area contributed by atoms with E-state index in [2.05, 4.69) is 30.5 Å². The Morgan fingerprint density at radius 3 is 2.65 bits per heavy atom. The van der Waals surface area contributed by atoms with Crippen LogP contribution in [0.25, 0.3) is 11.0 Å². The average Bonchev–Trinajstić information content (AvgIpc) is 3.36. The number of carbonyl (C=O) groups excluding carboxylic acids is 1. The number of aliphatic hydroxyl groups excluding tert-OH is 1. The van der Waals surface area contributed by atoms with Gasteiger partial charge in [0, 0.05) is 44.0 Å². The van der Waals surface area contributed by atoms with Gasteiger partial charge < -0.3 is 35.1 Å². The molecule has 2 aliphatic heterocycles. The number of aromatic amines is 1. The van der Waals surface area contributed by atoms with E-state index in [4.69, 9.17) is 21.1 Å². The Kier molecular flexibility index (Phi) is 8.94. The van der Waals surface area contributed by atoms with Crippen molar-refractivity contribution in [1.29, 1.82) is 0 Å². The van der Waals surface area contributed by atoms with Crippen molar-refractivity contribution in [2.75, 3.05) is 63.7 Å². The number of fused-ring (bicyclic) bond motifs is 1. The summed E-state index contributed by atoms with van der Waals surface area (Å²) in [4.78, 5) is 30.1. The number of amides is 1. The molecule has 12 heteroatoms. The van der Waals surface area contributed by atoms with E-state index in [0.717, 1.165) is 52.2 Å². The van der Waals surface area contributed by atoms with Crippen LogP contribution in [0.1, 0.15) is 37.0 Å². The highest BCUT2D eigenvalue weighted by Crippen LogP contribution is 2.33. The Morgan fingerprint density at radius 2 is 1.98 bits per heavy atom. The first-order chi connectivity index (χ1) is 19.4. The third-order valence-electron chi connectivity index (χ3n) is 7.82. The normalized spacial score (nSPS) is 17.8. The third kappa shape index (κ3) is 6.12. The molecule has 0 spiro atoms. The number of aliphatic hydroxyl groups is 1. The summed E-state index contributed by atoms with van der Waals surface area (Å²) in [5, 5.41) is 17.5. The topological polar surface area (TPSA) is 128 Å². The van der Waals surface area contributed by atoms with Crippen molar-refractivity contribution in [3.8, 4) is 5.75 Å². The molecule has 0 saturated carbocycles. The van der Waals surface area contributed by atoms with E-state index in [1.165, 1.54) is 0 Å². The number of nitrogens with one attached hydrogen (secondary N) is 3. The van der Waals surface area contributed by atoms with E-state index >= 15 is 0 Å². The maximum absolute atomic E-state index is 13.3. The van der Waals surface area contributed by atoms with Gasteiger partial charge in [-0.15, -0.1) is 0 Å². The molecule has 1 aromatic carbocycles. The quantitative estimate of drug-likeness (QED) is 0.304. The summed E-state index contributed by atoms with van der Waals surface area (Å²) in [7, 11) is 1.57. The third-order valence-corrected chi connectivity index (χ3v) is 8.11. The zero-order chi connectivity index (χ0) is 28.2. The van der Waals surface area contributed by atoms with Gasteiger partial charge in [-0.25, -0.2) is 0 Å². The molecule has 216 valence electrons. The smallest absolute Gasteiger partial charge is 0.253 e. The Bertz CT molecular complexity index is 1320. The second-order valence-electron chi connectivity index (χ2n) is 10.6. The number of anilines is 3. The van der Waals surface area contributed by atoms with Crippen molar-refractivity contribution in [3.63, 3.8) is 0 Å². The summed E-state index contributed by atoms with van der Waals surface area (Å²) < 4.78 is 11.1. The molecule has 2 saturated heterocycles. The molecule has 2 fully saturated rings. The summed E-state index contributed by atoms with van der Waals surface area (Å²) in [5.74, 6) is 1.50. The minimum Gasteiger partial charge on any atom is -0.495 e. The van der Waals surface area contributed by atoms with Crippen LogP contribution >= 0.6 is 11.6 Å². The molecule has 11 nitrogen and oxygen atoms in total. The molecular weight excluding hydrogens is 534 g/mol. The first kappa shape index (κ1) is 28.4. The fourth-order valence-electron chi connectivity index (χ4n) is 5.36. The maximum Gasteiger partial charge on any atom is 0.253 e. The van der Waals surface area contributed by atoms with Crippen LogP contribution in [0, 0.1) is 5.92 Å². The number of rotatable bonds is 9. The fourth-order valence-corrected chi connectivity index (χ4v) is 5.60. The minimum absolute atomic E-state index is 0.000749. The van der Waals surface area contributed by atoms with Gasteiger partial charge in [-0.2, -0.15) is 9.97 Å². The number of morpholine rings is 1. The number of methoxy groups -OCH3 is 1. The summed E-state index contributed by atoms with van der Waals surface area (Å²) in [6.45, 7) is 8.96. The second-order valence-corrected chi connectivity index (χ2v) is 11.1. The fraction of sp³-hybridized carbons (Fsp3) is 0.536. The number of ether oxygens (including phenoxy) is 2. The number of aromatic nitrogens is 3. The number of nitrogens with zero attached hydrogens (tertiary/aromatic N) is 4. The van der Waals surface area contributed by atoms with E-state index < -0.39 is 0 Å². The molecular formula is C28H38ClN7O4. The molecule has 0 unspecified atom stereocenters. The molecule has 5 rings (SSSR count). The first-order valence-corrected chi connectivity index (χ1v) is 14.2. The number of halogens is 1. The van der Waals surface area contributed by atoms with Crippen LogP contribution in [-0.2, 0) is 4.74 Å². The molecule has 4 N–H and O–H groups in total. The molecule has 4 heterocycles. The SMILES string of the molecule is COc1cc(C(=O)N2CCC(N3CCOCC3)CC2)ccc1Nc1nc(N[C@H](CO)C(C)C)c2c(Cl)c[nH]c2n1. The van der Waals surface area contributed by atoms with Gasteiger partial charge in [0.2, 0.25) is 5.95 Å². The molecule has 0 radical (unpaired) electrons. The summed E-state index contributed by atoms with van der Waals surface area (Å²) >= 11 is 6.41. The van der Waals surface area contributed by atoms with E-state index in [0.29, 0.717) is 50.9 Å². The average molecular weight is 572 g/mol. The lowest BCUT2D eigenvalue weighted by Gasteiger charge is -2.40. The van der Waals surface area contributed by atoms with Crippen LogP contribution in [0.5, 0.6) is 5.75 Å². The van der Waals surface area contributed by atoms with Crippen LogP contribution in [0.2, 0.25) is 5.02 Å². The highest BCUT2D eigenvalue weighted by atomic mass is 35.5. The van der Waals surface area contributed by atoms with Crippen molar-refractivity contribution in [3.05, 3.63) is 35.0 Å². The molecule has 0 bridgehead atoms. The van der Waals surface area contributed by atoms with Crippen molar-refractivity contribution in [2.24, 2.45) is 5.92 Å². The van der Waals surface area contributed by atoms with Gasteiger partial charge >= 0.3 is 0 Å². The predicted molar refractivity (Wildman–Crippen MR) is 156 cm³/mol. The maximum atomic E-state index is 13.3. The lowest BCUT2D eigenvalue weighted by atomic mass is 10.0. The molecule has 1 amide bonds. The monoisotopic (exact) mass is 571 g/mol. The van der Waals surface area contributed by atoms with Gasteiger partial charge in [0.15, 0.2) is 0 Å². The number of hydrogen-bond acceptors (Lipinski definition) is 9. The van der Waals surface area contributed by atoms with Gasteiger partial charge in [-0.1, -0.05) is 25.4 Å². The predicted octanol–water partition coefficient (Wildman–Crippen LogP) is 3.73. The molecule has 2 aromatic heterocycles. The molecule has 3 aromatic rings. The Hall–Kier alpha value is -3.12. The number of carbonyl (C=O) groups is 1. The summed E-state index contributed by atoms with van der Waals surface area (Å²) in [5.41, 5.74) is 1.75. The van der Waals surface area contributed by atoms with Crippen LogP contribution in [0.15, 0.2) is 24.4 Å². The number of likely N-dealkylation sites (tertiary alicyclic amines) is 1. The van der Waals surface area contributed by atoms with E-state index in [-0.39, 0.29) is 24.5 Å². The molecule has 0 aliphatic carbocycles. The second kappa shape index (κ2) is 12.6. The van der Waals surface area contributed by atoms with Gasteiger partial charge in [-0.05, 0) is 37.0 Å². The van der Waals surface area contributed by atoms with E-state index in [1.54, 1.807) is 31.5 Å². The largest absolute Gasteiger partial charge is 0.495 e. The van der Waals surface area contributed by atoms with Gasteiger partial charge in [0.05, 0.1) is 49.1 Å². The van der Waals surface area contributed by atoms with E-state index in [1.807, 2.05) is 18.7 Å². The van der Waals surface area contributed by atoms with Crippen LogP contribution < -0.4 is 15.4 Å². The molecule has 1 atom stereocenters. The highest BCUT2D eigenvalue weighted by molar-refractivity contribution is 6.36. The van der Waals surface area contributed by atoms with Crippen molar-refractivity contribution in [1.82, 2.24) is 24.8 Å². The number of hydrogen-bond donors (Lipinski definition) is 4. The zero-order valence-electron chi connectivity index (χ0n) is 23.2. The van der Waals surface area contributed by atoms with E-state index in [9.17, 15) is 9.90 Å². The van der Waals surface area contributed by atoms with Crippen molar-refractivity contribution >= 4 is 46.0 Å². The first-order valence-electron chi connectivity index (χ1n) is 13.9. The molecule has 40 heavy (non-hydrogen) atoms. The Labute approximate surface area is 239 Å². The van der Waals surface area contributed by atoms with Crippen LogP contribution in [-0.4, -0.2) is 101 Å². The van der Waals surface area contributed by atoms with Gasteiger partial charge in [-0.3, -0.25) is 9.69 Å². The van der Waals surface area contributed by atoms with Gasteiger partial charge in [0.25, 0.3) is 5.91 Å². The van der Waals surface area contributed by atoms with Crippen molar-refractivity contribution < 1.29 is 19.4 Å². The summed E-state index contributed by atoms with van der Waals surface area (Å²) in [6.07, 6.45) is 3.59. The number of benzene rings is 1. The zero-order valence-corrected chi connectivity index (χ0v) is 24.0. The number of H-pyrrole nitrogens is 1. The van der Waals surface area contributed by atoms with Crippen molar-refractivity contribution in [2.45, 2.75) is 38.8 Å². The molecule has 2 aliphatic rings. The Morgan fingerprint density at radius 1 is 1.23 bits per heavy atom. The Balaban J connectivity index is 1.31. The standard InChI is InChI=1S/C28H38ClN7O4/c1-17(2)22(16-37)31-26-24-20(29)15-30-25(24)33-28(34-26)32-21-5-4-18(14-23(21)39-3)27(38)36-8-6-19(7-9-36)35-10-12-40-13-11-35/h4-5,14-15,17,19,22,37H,6-13,16H2,1-3H3,(H3,30,31,32,33,34)/t22-/m1/s1. The minimum atomic E-state index is -0.212. The van der Waals surface area contributed by atoms with Gasteiger partial charge in [0.1, 0.15) is 17.2 Å².